The Balaban J connectivity index is 2.70. The molecule has 94 valence electrons. The number of aliphatic hydroxyl groups is 1. The number of carbonyl (C=O) groups excluding carboxylic acids is 1. The number of hydrogen-bond donors (Lipinski definition) is 1. The molecule has 0 fully saturated rings. The minimum atomic E-state index is -0.828. The van der Waals surface area contributed by atoms with Gasteiger partial charge >= 0.3 is 5.97 Å². The molecule has 1 unspecified atom stereocenters. The molecule has 17 heavy (non-hydrogen) atoms. The monoisotopic (exact) mass is 236 g/mol. The molecule has 0 heterocycles. The molecule has 0 aromatic heterocycles. The highest BCUT2D eigenvalue weighted by atomic mass is 16.6. The fourth-order valence-corrected chi connectivity index (χ4v) is 1.46. The van der Waals surface area contributed by atoms with E-state index in [1.54, 1.807) is 19.1 Å². The number of esters is 1. The minimum absolute atomic E-state index is 0.381. The number of ether oxygens (including phenoxy) is 1. The largest absolute Gasteiger partial charge is 0.460 e. The molecule has 0 saturated heterocycles. The Hall–Kier alpha value is -1.35. The maximum absolute atomic E-state index is 11.8. The van der Waals surface area contributed by atoms with Crippen molar-refractivity contribution in [3.05, 3.63) is 35.9 Å². The van der Waals surface area contributed by atoms with E-state index < -0.39 is 17.6 Å². The first-order valence-electron chi connectivity index (χ1n) is 5.77. The van der Waals surface area contributed by atoms with Gasteiger partial charge in [-0.2, -0.15) is 0 Å². The van der Waals surface area contributed by atoms with Gasteiger partial charge in [0, 0.05) is 0 Å². The molecule has 3 nitrogen and oxygen atoms in total. The third kappa shape index (κ3) is 4.19. The Kier molecular flexibility index (Phi) is 4.29. The highest BCUT2D eigenvalue weighted by Crippen LogP contribution is 2.24. The maximum atomic E-state index is 11.8. The van der Waals surface area contributed by atoms with Crippen molar-refractivity contribution in [2.45, 2.75) is 39.4 Å². The van der Waals surface area contributed by atoms with Crippen LogP contribution in [-0.4, -0.2) is 16.7 Å². The van der Waals surface area contributed by atoms with Crippen molar-refractivity contribution in [1.82, 2.24) is 0 Å². The van der Waals surface area contributed by atoms with E-state index in [4.69, 9.17) is 4.74 Å². The number of carbonyl (C=O) groups is 1. The average Bonchev–Trinajstić information content (AvgIpc) is 2.26. The van der Waals surface area contributed by atoms with E-state index in [-0.39, 0.29) is 5.97 Å². The van der Waals surface area contributed by atoms with E-state index in [9.17, 15) is 9.90 Å². The second kappa shape index (κ2) is 5.32. The predicted molar refractivity (Wildman–Crippen MR) is 66.4 cm³/mol. The van der Waals surface area contributed by atoms with Gasteiger partial charge in [0.05, 0.1) is 12.0 Å². The third-order valence-corrected chi connectivity index (χ3v) is 2.39. The van der Waals surface area contributed by atoms with Gasteiger partial charge in [-0.3, -0.25) is 4.79 Å². The summed E-state index contributed by atoms with van der Waals surface area (Å²) in [5.41, 5.74) is 0.202. The molecule has 1 aromatic carbocycles. The summed E-state index contributed by atoms with van der Waals surface area (Å²) >= 11 is 0. The first kappa shape index (κ1) is 13.7. The van der Waals surface area contributed by atoms with Crippen molar-refractivity contribution in [3.63, 3.8) is 0 Å². The summed E-state index contributed by atoms with van der Waals surface area (Å²) in [5.74, 6) is -0.953. The third-order valence-electron chi connectivity index (χ3n) is 2.39. The van der Waals surface area contributed by atoms with Crippen LogP contribution in [0.4, 0.5) is 0 Å². The van der Waals surface area contributed by atoms with Crippen LogP contribution in [0.25, 0.3) is 0 Å². The number of hydrogen-bond acceptors (Lipinski definition) is 3. The van der Waals surface area contributed by atoms with E-state index in [2.05, 4.69) is 0 Å². The first-order chi connectivity index (χ1) is 7.81. The van der Waals surface area contributed by atoms with Crippen molar-refractivity contribution >= 4 is 5.97 Å². The standard InChI is InChI=1S/C14H20O3/c1-10(13(16)17-14(2,3)4)12(15)11-8-6-5-7-9-11/h5-10,12,15H,1-4H3/t10-,12?/m0/s1. The molecule has 0 aliphatic rings. The van der Waals surface area contributed by atoms with E-state index in [1.807, 2.05) is 39.0 Å². The molecular weight excluding hydrogens is 216 g/mol. The molecule has 3 heteroatoms. The summed E-state index contributed by atoms with van der Waals surface area (Å²) in [7, 11) is 0. The van der Waals surface area contributed by atoms with Crippen molar-refractivity contribution < 1.29 is 14.6 Å². The Morgan fingerprint density at radius 2 is 1.76 bits per heavy atom. The summed E-state index contributed by atoms with van der Waals surface area (Å²) in [5, 5.41) is 10.1. The zero-order valence-corrected chi connectivity index (χ0v) is 10.8. The SMILES string of the molecule is C[C@H](C(=O)OC(C)(C)C)C(O)c1ccccc1. The summed E-state index contributed by atoms with van der Waals surface area (Å²) in [4.78, 5) is 11.8. The van der Waals surface area contributed by atoms with Gasteiger partial charge in [-0.25, -0.2) is 0 Å². The van der Waals surface area contributed by atoms with Crippen LogP contribution < -0.4 is 0 Å². The van der Waals surface area contributed by atoms with E-state index >= 15 is 0 Å². The lowest BCUT2D eigenvalue weighted by molar-refractivity contribution is -0.163. The van der Waals surface area contributed by atoms with Crippen LogP contribution in [0.15, 0.2) is 30.3 Å². The fraction of sp³-hybridized carbons (Fsp3) is 0.500. The van der Waals surface area contributed by atoms with Crippen LogP contribution in [0.3, 0.4) is 0 Å². The van der Waals surface area contributed by atoms with Crippen LogP contribution in [0.5, 0.6) is 0 Å². The first-order valence-corrected chi connectivity index (χ1v) is 5.77. The maximum Gasteiger partial charge on any atom is 0.312 e. The smallest absolute Gasteiger partial charge is 0.312 e. The topological polar surface area (TPSA) is 46.5 Å². The van der Waals surface area contributed by atoms with Gasteiger partial charge < -0.3 is 9.84 Å². The molecule has 0 spiro atoms. The molecule has 0 saturated carbocycles. The van der Waals surface area contributed by atoms with Crippen LogP contribution in [-0.2, 0) is 9.53 Å². The molecule has 0 aliphatic heterocycles. The zero-order valence-electron chi connectivity index (χ0n) is 10.8. The molecule has 0 amide bonds. The number of rotatable bonds is 3. The quantitative estimate of drug-likeness (QED) is 0.821. The van der Waals surface area contributed by atoms with Crippen LogP contribution in [0.1, 0.15) is 39.4 Å². The molecule has 1 rings (SSSR count). The van der Waals surface area contributed by atoms with Crippen molar-refractivity contribution in [2.75, 3.05) is 0 Å². The molecule has 0 radical (unpaired) electrons. The van der Waals surface area contributed by atoms with Crippen molar-refractivity contribution in [1.29, 1.82) is 0 Å². The van der Waals surface area contributed by atoms with Gasteiger partial charge in [0.1, 0.15) is 5.60 Å². The van der Waals surface area contributed by atoms with Gasteiger partial charge in [-0.05, 0) is 33.3 Å². The molecule has 0 bridgehead atoms. The average molecular weight is 236 g/mol. The number of aliphatic hydroxyl groups excluding tert-OH is 1. The lowest BCUT2D eigenvalue weighted by Gasteiger charge is -2.24. The Bertz CT molecular complexity index is 365. The van der Waals surface area contributed by atoms with Gasteiger partial charge in [0.15, 0.2) is 0 Å². The number of benzene rings is 1. The van der Waals surface area contributed by atoms with Crippen molar-refractivity contribution in [2.24, 2.45) is 5.92 Å². The lowest BCUT2D eigenvalue weighted by atomic mass is 9.97. The molecule has 1 N–H and O–H groups in total. The van der Waals surface area contributed by atoms with Crippen LogP contribution in [0, 0.1) is 5.92 Å². The second-order valence-corrected chi connectivity index (χ2v) is 5.18. The highest BCUT2D eigenvalue weighted by molar-refractivity contribution is 5.73. The molecular formula is C14H20O3. The van der Waals surface area contributed by atoms with E-state index in [0.717, 1.165) is 5.56 Å². The van der Waals surface area contributed by atoms with Gasteiger partial charge in [-0.1, -0.05) is 30.3 Å². The van der Waals surface area contributed by atoms with Gasteiger partial charge in [0.2, 0.25) is 0 Å². The minimum Gasteiger partial charge on any atom is -0.460 e. The van der Waals surface area contributed by atoms with Crippen LogP contribution >= 0.6 is 0 Å². The van der Waals surface area contributed by atoms with Gasteiger partial charge in [-0.15, -0.1) is 0 Å². The van der Waals surface area contributed by atoms with Crippen LogP contribution in [0.2, 0.25) is 0 Å². The summed E-state index contributed by atoms with van der Waals surface area (Å²) in [6.45, 7) is 7.11. The molecule has 2 atom stereocenters. The fourth-order valence-electron chi connectivity index (χ4n) is 1.46. The normalized spacial score (nSPS) is 15.1. The molecule has 0 aliphatic carbocycles. The molecule has 1 aromatic rings. The Labute approximate surface area is 102 Å². The summed E-state index contributed by atoms with van der Waals surface area (Å²) in [6, 6.07) is 9.13. The summed E-state index contributed by atoms with van der Waals surface area (Å²) < 4.78 is 5.24. The second-order valence-electron chi connectivity index (χ2n) is 5.18. The van der Waals surface area contributed by atoms with E-state index in [1.165, 1.54) is 0 Å². The Morgan fingerprint density at radius 3 is 2.24 bits per heavy atom. The highest BCUT2D eigenvalue weighted by Gasteiger charge is 2.28. The summed E-state index contributed by atoms with van der Waals surface area (Å²) in [6.07, 6.45) is -0.828. The van der Waals surface area contributed by atoms with Gasteiger partial charge in [0.25, 0.3) is 0 Å². The van der Waals surface area contributed by atoms with Crippen molar-refractivity contribution in [3.8, 4) is 0 Å². The zero-order chi connectivity index (χ0) is 13.1. The Morgan fingerprint density at radius 1 is 1.24 bits per heavy atom. The van der Waals surface area contributed by atoms with E-state index in [0.29, 0.717) is 0 Å². The lowest BCUT2D eigenvalue weighted by Crippen LogP contribution is -2.30. The predicted octanol–water partition coefficient (Wildman–Crippen LogP) is 2.70.